The maximum atomic E-state index is 3.51. The van der Waals surface area contributed by atoms with E-state index < -0.39 is 0 Å². The first-order valence-electron chi connectivity index (χ1n) is 6.04. The molecule has 0 amide bonds. The highest BCUT2D eigenvalue weighted by atomic mass is 15.2. The number of benzene rings is 1. The molecule has 1 aromatic rings. The summed E-state index contributed by atoms with van der Waals surface area (Å²) in [6, 6.07) is 8.56. The second-order valence-corrected chi connectivity index (χ2v) is 4.38. The summed E-state index contributed by atoms with van der Waals surface area (Å²) in [5.74, 6) is 0. The van der Waals surface area contributed by atoms with E-state index in [9.17, 15) is 0 Å². The smallest absolute Gasteiger partial charge is 0.0484 e. The van der Waals surface area contributed by atoms with Gasteiger partial charge >= 0.3 is 0 Å². The summed E-state index contributed by atoms with van der Waals surface area (Å²) in [6.07, 6.45) is 0. The fourth-order valence-corrected chi connectivity index (χ4v) is 2.03. The second-order valence-electron chi connectivity index (χ2n) is 4.38. The summed E-state index contributed by atoms with van der Waals surface area (Å²) >= 11 is 0. The van der Waals surface area contributed by atoms with Gasteiger partial charge in [0.25, 0.3) is 0 Å². The third-order valence-corrected chi connectivity index (χ3v) is 3.12. The SMILES string of the molecule is Cc1ccccc1CNCN1CCNCC1. The van der Waals surface area contributed by atoms with Crippen LogP contribution >= 0.6 is 0 Å². The summed E-state index contributed by atoms with van der Waals surface area (Å²) in [6.45, 7) is 8.67. The Bertz CT molecular complexity index is 319. The molecule has 1 aromatic carbocycles. The summed E-state index contributed by atoms with van der Waals surface area (Å²) in [4.78, 5) is 2.45. The molecule has 1 saturated heterocycles. The molecule has 0 aliphatic carbocycles. The first kappa shape index (κ1) is 11.6. The minimum atomic E-state index is 0.969. The van der Waals surface area contributed by atoms with Crippen molar-refractivity contribution in [1.82, 2.24) is 15.5 Å². The maximum absolute atomic E-state index is 3.51. The van der Waals surface area contributed by atoms with Crippen molar-refractivity contribution in [3.63, 3.8) is 0 Å². The van der Waals surface area contributed by atoms with Gasteiger partial charge in [-0.25, -0.2) is 0 Å². The van der Waals surface area contributed by atoms with Gasteiger partial charge in [-0.2, -0.15) is 0 Å². The number of rotatable bonds is 4. The van der Waals surface area contributed by atoms with Crippen LogP contribution in [0.2, 0.25) is 0 Å². The summed E-state index contributed by atoms with van der Waals surface area (Å²) in [5.41, 5.74) is 2.77. The Morgan fingerprint density at radius 2 is 2.00 bits per heavy atom. The Labute approximate surface area is 97.8 Å². The van der Waals surface area contributed by atoms with Crippen LogP contribution in [0, 0.1) is 6.92 Å². The predicted octanol–water partition coefficient (Wildman–Crippen LogP) is 0.947. The third-order valence-electron chi connectivity index (χ3n) is 3.12. The van der Waals surface area contributed by atoms with Gasteiger partial charge < -0.3 is 10.6 Å². The minimum absolute atomic E-state index is 0.969. The lowest BCUT2D eigenvalue weighted by Gasteiger charge is -2.27. The van der Waals surface area contributed by atoms with Crippen LogP contribution in [0.5, 0.6) is 0 Å². The van der Waals surface area contributed by atoms with Crippen LogP contribution in [0.4, 0.5) is 0 Å². The van der Waals surface area contributed by atoms with E-state index in [1.807, 2.05) is 0 Å². The first-order chi connectivity index (χ1) is 7.86. The van der Waals surface area contributed by atoms with Crippen molar-refractivity contribution in [2.24, 2.45) is 0 Å². The molecular formula is C13H21N3. The first-order valence-corrected chi connectivity index (χ1v) is 6.04. The molecule has 1 aliphatic heterocycles. The van der Waals surface area contributed by atoms with Crippen molar-refractivity contribution in [1.29, 1.82) is 0 Å². The van der Waals surface area contributed by atoms with Crippen LogP contribution in [0.25, 0.3) is 0 Å². The lowest BCUT2D eigenvalue weighted by atomic mass is 10.1. The van der Waals surface area contributed by atoms with Gasteiger partial charge in [0, 0.05) is 39.4 Å². The number of hydrogen-bond donors (Lipinski definition) is 2. The Morgan fingerprint density at radius 1 is 1.25 bits per heavy atom. The Kier molecular flexibility index (Phi) is 4.34. The van der Waals surface area contributed by atoms with Gasteiger partial charge in [0.05, 0.1) is 0 Å². The molecule has 1 heterocycles. The van der Waals surface area contributed by atoms with Gasteiger partial charge in [-0.15, -0.1) is 0 Å². The normalized spacial score (nSPS) is 17.6. The maximum Gasteiger partial charge on any atom is 0.0484 e. The molecule has 2 rings (SSSR count). The largest absolute Gasteiger partial charge is 0.314 e. The quantitative estimate of drug-likeness (QED) is 0.789. The highest BCUT2D eigenvalue weighted by molar-refractivity contribution is 5.25. The molecule has 0 saturated carbocycles. The topological polar surface area (TPSA) is 27.3 Å². The van der Waals surface area contributed by atoms with Crippen LogP contribution in [0.15, 0.2) is 24.3 Å². The molecular weight excluding hydrogens is 198 g/mol. The number of hydrogen-bond acceptors (Lipinski definition) is 3. The van der Waals surface area contributed by atoms with Gasteiger partial charge in [0.1, 0.15) is 0 Å². The minimum Gasteiger partial charge on any atom is -0.314 e. The van der Waals surface area contributed by atoms with Crippen molar-refractivity contribution in [2.75, 3.05) is 32.8 Å². The highest BCUT2D eigenvalue weighted by Gasteiger charge is 2.08. The monoisotopic (exact) mass is 219 g/mol. The van der Waals surface area contributed by atoms with Crippen LogP contribution in [-0.4, -0.2) is 37.7 Å². The molecule has 0 aromatic heterocycles. The van der Waals surface area contributed by atoms with Crippen molar-refractivity contribution in [2.45, 2.75) is 13.5 Å². The number of aryl methyl sites for hydroxylation is 1. The van der Waals surface area contributed by atoms with Crippen molar-refractivity contribution < 1.29 is 0 Å². The predicted molar refractivity (Wildman–Crippen MR) is 67.3 cm³/mol. The molecule has 3 heteroatoms. The van der Waals surface area contributed by atoms with Crippen molar-refractivity contribution >= 4 is 0 Å². The molecule has 1 aliphatic rings. The number of piperazine rings is 1. The van der Waals surface area contributed by atoms with Crippen LogP contribution < -0.4 is 10.6 Å². The van der Waals surface area contributed by atoms with Gasteiger partial charge in [0.15, 0.2) is 0 Å². The van der Waals surface area contributed by atoms with Crippen LogP contribution in [0.3, 0.4) is 0 Å². The summed E-state index contributed by atoms with van der Waals surface area (Å²) in [5, 5.41) is 6.87. The standard InChI is InChI=1S/C13H21N3/c1-12-4-2-3-5-13(12)10-15-11-16-8-6-14-7-9-16/h2-5,14-15H,6-11H2,1H3. The van der Waals surface area contributed by atoms with Crippen molar-refractivity contribution in [3.05, 3.63) is 35.4 Å². The molecule has 0 unspecified atom stereocenters. The van der Waals surface area contributed by atoms with Gasteiger partial charge in [0.2, 0.25) is 0 Å². The third kappa shape index (κ3) is 3.30. The fourth-order valence-electron chi connectivity index (χ4n) is 2.03. The van der Waals surface area contributed by atoms with E-state index >= 15 is 0 Å². The van der Waals surface area contributed by atoms with Crippen LogP contribution in [-0.2, 0) is 6.54 Å². The molecule has 2 N–H and O–H groups in total. The molecule has 3 nitrogen and oxygen atoms in total. The van der Waals surface area contributed by atoms with E-state index in [2.05, 4.69) is 46.7 Å². The van der Waals surface area contributed by atoms with Crippen molar-refractivity contribution in [3.8, 4) is 0 Å². The zero-order chi connectivity index (χ0) is 11.2. The fraction of sp³-hybridized carbons (Fsp3) is 0.538. The average Bonchev–Trinajstić information content (AvgIpc) is 2.33. The Morgan fingerprint density at radius 3 is 2.75 bits per heavy atom. The van der Waals surface area contributed by atoms with Gasteiger partial charge in [-0.3, -0.25) is 4.90 Å². The van der Waals surface area contributed by atoms with E-state index in [0.29, 0.717) is 0 Å². The van der Waals surface area contributed by atoms with E-state index in [0.717, 1.165) is 39.4 Å². The van der Waals surface area contributed by atoms with E-state index in [1.54, 1.807) is 0 Å². The lowest BCUT2D eigenvalue weighted by Crippen LogP contribution is -2.46. The molecule has 88 valence electrons. The molecule has 0 atom stereocenters. The van der Waals surface area contributed by atoms with E-state index in [4.69, 9.17) is 0 Å². The van der Waals surface area contributed by atoms with Gasteiger partial charge in [-0.1, -0.05) is 24.3 Å². The van der Waals surface area contributed by atoms with Gasteiger partial charge in [-0.05, 0) is 18.1 Å². The molecule has 16 heavy (non-hydrogen) atoms. The molecule has 1 fully saturated rings. The van der Waals surface area contributed by atoms with E-state index in [-0.39, 0.29) is 0 Å². The number of nitrogens with one attached hydrogen (secondary N) is 2. The second kappa shape index (κ2) is 5.99. The van der Waals surface area contributed by atoms with E-state index in [1.165, 1.54) is 11.1 Å². The molecule has 0 spiro atoms. The summed E-state index contributed by atoms with van der Waals surface area (Å²) in [7, 11) is 0. The summed E-state index contributed by atoms with van der Waals surface area (Å²) < 4.78 is 0. The van der Waals surface area contributed by atoms with Crippen LogP contribution in [0.1, 0.15) is 11.1 Å². The average molecular weight is 219 g/mol. The Hall–Kier alpha value is -0.900. The zero-order valence-electron chi connectivity index (χ0n) is 10.00. The lowest BCUT2D eigenvalue weighted by molar-refractivity contribution is 0.223. The molecule has 0 radical (unpaired) electrons. The Balaban J connectivity index is 1.73. The molecule has 0 bridgehead atoms. The number of nitrogens with zero attached hydrogens (tertiary/aromatic N) is 1. The highest BCUT2D eigenvalue weighted by Crippen LogP contribution is 2.05. The zero-order valence-corrected chi connectivity index (χ0v) is 10.00.